The molecule has 2 N–H and O–H groups in total. The largest absolute Gasteiger partial charge is 0.494 e. The SMILES string of the molecule is O=S(=O)(O)CCCOc1ccc(OCCCSOOO)cc1. The fraction of sp³-hybridized carbons (Fsp3) is 0.500. The minimum Gasteiger partial charge on any atom is -0.494 e. The van der Waals surface area contributed by atoms with Crippen molar-refractivity contribution in [1.29, 1.82) is 0 Å². The van der Waals surface area contributed by atoms with Crippen LogP contribution in [0.5, 0.6) is 11.5 Å². The molecule has 1 aromatic rings. The Balaban J connectivity index is 2.17. The predicted octanol–water partition coefficient (Wildman–Crippen LogP) is 2.18. The molecule has 0 aromatic heterocycles. The van der Waals surface area contributed by atoms with E-state index in [-0.39, 0.29) is 18.8 Å². The van der Waals surface area contributed by atoms with Gasteiger partial charge in [0.15, 0.2) is 0 Å². The Bertz CT molecular complexity index is 502. The second kappa shape index (κ2) is 10.6. The van der Waals surface area contributed by atoms with E-state index in [2.05, 4.69) is 9.37 Å². The summed E-state index contributed by atoms with van der Waals surface area (Å²) in [6.07, 6.45) is 0.927. The van der Waals surface area contributed by atoms with Gasteiger partial charge in [0.05, 0.1) is 19.0 Å². The van der Waals surface area contributed by atoms with Crippen LogP contribution < -0.4 is 9.47 Å². The number of benzene rings is 1. The molecule has 0 aliphatic heterocycles. The van der Waals surface area contributed by atoms with Gasteiger partial charge in [-0.05, 0) is 37.1 Å². The van der Waals surface area contributed by atoms with Crippen molar-refractivity contribution in [2.24, 2.45) is 0 Å². The van der Waals surface area contributed by atoms with Crippen molar-refractivity contribution in [3.05, 3.63) is 24.3 Å². The van der Waals surface area contributed by atoms with Gasteiger partial charge in [0.2, 0.25) is 0 Å². The van der Waals surface area contributed by atoms with E-state index in [9.17, 15) is 8.42 Å². The Morgan fingerprint density at radius 2 is 1.55 bits per heavy atom. The summed E-state index contributed by atoms with van der Waals surface area (Å²) in [6.45, 7) is 0.681. The third-order valence-corrected chi connectivity index (χ3v) is 3.78. The van der Waals surface area contributed by atoms with E-state index in [0.717, 1.165) is 12.0 Å². The molecule has 0 amide bonds. The van der Waals surface area contributed by atoms with Gasteiger partial charge in [-0.1, -0.05) is 5.04 Å². The molecule has 1 rings (SSSR count). The van der Waals surface area contributed by atoms with E-state index >= 15 is 0 Å². The zero-order valence-electron chi connectivity index (χ0n) is 11.7. The van der Waals surface area contributed by atoms with E-state index in [1.807, 2.05) is 0 Å². The van der Waals surface area contributed by atoms with E-state index < -0.39 is 10.1 Å². The molecule has 0 spiro atoms. The molecule has 0 atom stereocenters. The molecule has 0 radical (unpaired) electrons. The lowest BCUT2D eigenvalue weighted by molar-refractivity contribution is -0.432. The summed E-state index contributed by atoms with van der Waals surface area (Å²) < 4.78 is 44.6. The minimum atomic E-state index is -3.94. The van der Waals surface area contributed by atoms with Gasteiger partial charge in [-0.3, -0.25) is 4.55 Å². The summed E-state index contributed by atoms with van der Waals surface area (Å²) in [4.78, 5) is 0. The highest BCUT2D eigenvalue weighted by molar-refractivity contribution is 7.94. The van der Waals surface area contributed by atoms with Gasteiger partial charge < -0.3 is 9.47 Å². The molecule has 0 aliphatic carbocycles. The fourth-order valence-electron chi connectivity index (χ4n) is 1.43. The van der Waals surface area contributed by atoms with Crippen LogP contribution in [0.25, 0.3) is 0 Å². The summed E-state index contributed by atoms with van der Waals surface area (Å²) in [5.74, 6) is 1.55. The highest BCUT2D eigenvalue weighted by Gasteiger charge is 2.04. The Hall–Kier alpha value is -1.04. The maximum atomic E-state index is 10.5. The summed E-state index contributed by atoms with van der Waals surface area (Å²) in [5, 5.41) is 11.4. The van der Waals surface area contributed by atoms with Crippen LogP contribution in [0.2, 0.25) is 0 Å². The lowest BCUT2D eigenvalue weighted by Crippen LogP contribution is -2.08. The quantitative estimate of drug-likeness (QED) is 0.192. The number of ether oxygens (including phenoxy) is 2. The van der Waals surface area contributed by atoms with Gasteiger partial charge in [-0.2, -0.15) is 8.42 Å². The summed E-state index contributed by atoms with van der Waals surface area (Å²) in [6, 6.07) is 6.89. The molecule has 126 valence electrons. The Morgan fingerprint density at radius 3 is 2.05 bits per heavy atom. The third-order valence-electron chi connectivity index (χ3n) is 2.36. The molecular weight excluding hydrogens is 336 g/mol. The first-order valence-corrected chi connectivity index (χ1v) is 8.94. The van der Waals surface area contributed by atoms with Crippen molar-refractivity contribution >= 4 is 22.2 Å². The van der Waals surface area contributed by atoms with Crippen molar-refractivity contribution in [3.8, 4) is 11.5 Å². The highest BCUT2D eigenvalue weighted by Crippen LogP contribution is 2.18. The first kappa shape index (κ1) is 19.0. The smallest absolute Gasteiger partial charge is 0.264 e. The number of rotatable bonds is 12. The van der Waals surface area contributed by atoms with Crippen molar-refractivity contribution in [2.75, 3.05) is 24.7 Å². The van der Waals surface area contributed by atoms with Crippen molar-refractivity contribution in [3.63, 3.8) is 0 Å². The van der Waals surface area contributed by atoms with Crippen LogP contribution in [-0.2, 0) is 19.5 Å². The van der Waals surface area contributed by atoms with Crippen LogP contribution in [0, 0.1) is 0 Å². The standard InChI is InChI=1S/C12H18O8S2/c13-19-20-21-9-1-7-17-11-3-5-12(6-4-11)18-8-2-10-22(14,15)16/h3-6,13H,1-2,7-10H2,(H,14,15,16). The summed E-state index contributed by atoms with van der Waals surface area (Å²) in [7, 11) is -3.94. The third kappa shape index (κ3) is 9.82. The van der Waals surface area contributed by atoms with Crippen molar-refractivity contribution in [2.45, 2.75) is 12.8 Å². The first-order valence-electron chi connectivity index (χ1n) is 6.42. The van der Waals surface area contributed by atoms with E-state index in [4.69, 9.17) is 19.3 Å². The van der Waals surface area contributed by atoms with Crippen molar-refractivity contribution in [1.82, 2.24) is 0 Å². The molecule has 0 fully saturated rings. The second-order valence-corrected chi connectivity index (χ2v) is 6.48. The number of hydrogen-bond donors (Lipinski definition) is 2. The Morgan fingerprint density at radius 1 is 1.00 bits per heavy atom. The Kier molecular flexibility index (Phi) is 9.20. The normalized spacial score (nSPS) is 11.4. The van der Waals surface area contributed by atoms with Crippen LogP contribution in [0.4, 0.5) is 0 Å². The van der Waals surface area contributed by atoms with Gasteiger partial charge >= 0.3 is 0 Å². The number of hydrogen-bond acceptors (Lipinski definition) is 8. The summed E-state index contributed by atoms with van der Waals surface area (Å²) >= 11 is 0.971. The molecular formula is C12H18O8S2. The molecule has 22 heavy (non-hydrogen) atoms. The van der Waals surface area contributed by atoms with E-state index in [1.165, 1.54) is 0 Å². The van der Waals surface area contributed by atoms with Gasteiger partial charge in [-0.15, -0.1) is 4.33 Å². The van der Waals surface area contributed by atoms with E-state index in [1.54, 1.807) is 24.3 Å². The first-order chi connectivity index (χ1) is 10.5. The van der Waals surface area contributed by atoms with E-state index in [0.29, 0.717) is 30.3 Å². The zero-order valence-corrected chi connectivity index (χ0v) is 13.3. The van der Waals surface area contributed by atoms with Crippen LogP contribution in [0.3, 0.4) is 0 Å². The zero-order chi connectivity index (χ0) is 16.3. The molecule has 8 nitrogen and oxygen atoms in total. The highest BCUT2D eigenvalue weighted by atomic mass is 32.2. The average Bonchev–Trinajstić information content (AvgIpc) is 2.48. The summed E-state index contributed by atoms with van der Waals surface area (Å²) in [5.41, 5.74) is 0. The molecule has 0 bridgehead atoms. The topological polar surface area (TPSA) is 112 Å². The van der Waals surface area contributed by atoms with Crippen molar-refractivity contribution < 1.29 is 37.1 Å². The van der Waals surface area contributed by atoms with Crippen LogP contribution in [0.15, 0.2) is 24.3 Å². The molecule has 0 saturated heterocycles. The fourth-order valence-corrected chi connectivity index (χ4v) is 2.26. The average molecular weight is 354 g/mol. The predicted molar refractivity (Wildman–Crippen MR) is 80.3 cm³/mol. The van der Waals surface area contributed by atoms with Crippen LogP contribution in [-0.4, -0.2) is 42.9 Å². The molecule has 0 heterocycles. The van der Waals surface area contributed by atoms with Crippen LogP contribution >= 0.6 is 12.0 Å². The van der Waals surface area contributed by atoms with Gasteiger partial charge in [0, 0.05) is 17.8 Å². The molecule has 1 aromatic carbocycles. The lowest BCUT2D eigenvalue weighted by atomic mass is 10.3. The monoisotopic (exact) mass is 354 g/mol. The lowest BCUT2D eigenvalue weighted by Gasteiger charge is -2.08. The van der Waals surface area contributed by atoms with Crippen LogP contribution in [0.1, 0.15) is 12.8 Å². The van der Waals surface area contributed by atoms with Gasteiger partial charge in [-0.25, -0.2) is 5.26 Å². The molecule has 0 aliphatic rings. The molecule has 10 heteroatoms. The maximum Gasteiger partial charge on any atom is 0.264 e. The Labute approximate surface area is 133 Å². The second-order valence-electron chi connectivity index (χ2n) is 4.13. The minimum absolute atomic E-state index is 0.199. The van der Waals surface area contributed by atoms with Gasteiger partial charge in [0.1, 0.15) is 11.5 Å². The molecule has 0 saturated carbocycles. The van der Waals surface area contributed by atoms with Gasteiger partial charge in [0.25, 0.3) is 10.1 Å². The maximum absolute atomic E-state index is 10.5. The molecule has 0 unspecified atom stereocenters.